The summed E-state index contributed by atoms with van der Waals surface area (Å²) in [5, 5.41) is 13.5. The van der Waals surface area contributed by atoms with Crippen molar-refractivity contribution < 1.29 is 9.63 Å². The first-order valence-corrected chi connectivity index (χ1v) is 6.17. The van der Waals surface area contributed by atoms with Gasteiger partial charge >= 0.3 is 0 Å². The molecular weight excluding hydrogens is 230 g/mol. The third kappa shape index (κ3) is 3.63. The topological polar surface area (TPSA) is 72.0 Å². The Morgan fingerprint density at radius 1 is 1.39 bits per heavy atom. The van der Waals surface area contributed by atoms with Crippen LogP contribution in [0.2, 0.25) is 0 Å². The molecule has 0 aromatic carbocycles. The lowest BCUT2D eigenvalue weighted by Gasteiger charge is -2.03. The molecule has 2 aromatic rings. The maximum Gasteiger partial charge on any atom is 0.229 e. The second-order valence-corrected chi connectivity index (χ2v) is 4.25. The van der Waals surface area contributed by atoms with Gasteiger partial charge in [0.05, 0.1) is 18.9 Å². The van der Waals surface area contributed by atoms with Crippen LogP contribution in [-0.4, -0.2) is 26.3 Å². The van der Waals surface area contributed by atoms with Gasteiger partial charge in [0.1, 0.15) is 0 Å². The SMILES string of the molecule is CCCC(O)Cc1nc(Cc2ccccn2)no1. The molecule has 1 N–H and O–H groups in total. The Hall–Kier alpha value is -1.75. The van der Waals surface area contributed by atoms with Gasteiger partial charge in [-0.15, -0.1) is 0 Å². The van der Waals surface area contributed by atoms with Crippen molar-refractivity contribution in [2.45, 2.75) is 38.7 Å². The van der Waals surface area contributed by atoms with Gasteiger partial charge < -0.3 is 9.63 Å². The van der Waals surface area contributed by atoms with E-state index in [1.807, 2.05) is 25.1 Å². The lowest BCUT2D eigenvalue weighted by atomic mass is 10.1. The summed E-state index contributed by atoms with van der Waals surface area (Å²) in [4.78, 5) is 8.45. The lowest BCUT2D eigenvalue weighted by molar-refractivity contribution is 0.151. The molecule has 1 atom stereocenters. The molecule has 0 fully saturated rings. The first-order chi connectivity index (χ1) is 8.78. The van der Waals surface area contributed by atoms with Crippen LogP contribution in [0.1, 0.15) is 37.2 Å². The quantitative estimate of drug-likeness (QED) is 0.842. The highest BCUT2D eigenvalue weighted by Gasteiger charge is 2.12. The molecule has 0 aliphatic carbocycles. The van der Waals surface area contributed by atoms with Crippen LogP contribution in [0.5, 0.6) is 0 Å². The highest BCUT2D eigenvalue weighted by Crippen LogP contribution is 2.08. The molecular formula is C13H17N3O2. The predicted molar refractivity (Wildman–Crippen MR) is 66.0 cm³/mol. The van der Waals surface area contributed by atoms with Gasteiger partial charge in [-0.1, -0.05) is 24.6 Å². The molecule has 0 radical (unpaired) electrons. The van der Waals surface area contributed by atoms with Crippen molar-refractivity contribution in [3.8, 4) is 0 Å². The summed E-state index contributed by atoms with van der Waals surface area (Å²) < 4.78 is 5.10. The number of hydrogen-bond acceptors (Lipinski definition) is 5. The molecule has 0 aliphatic rings. The zero-order valence-electron chi connectivity index (χ0n) is 10.4. The molecule has 2 heterocycles. The summed E-state index contributed by atoms with van der Waals surface area (Å²) in [5.41, 5.74) is 0.902. The Morgan fingerprint density at radius 3 is 3.00 bits per heavy atom. The molecule has 0 spiro atoms. The summed E-state index contributed by atoms with van der Waals surface area (Å²) >= 11 is 0. The van der Waals surface area contributed by atoms with Gasteiger partial charge in [0, 0.05) is 11.9 Å². The van der Waals surface area contributed by atoms with Gasteiger partial charge in [0.2, 0.25) is 5.89 Å². The summed E-state index contributed by atoms with van der Waals surface area (Å²) in [6.07, 6.45) is 3.99. The van der Waals surface area contributed by atoms with E-state index >= 15 is 0 Å². The second-order valence-electron chi connectivity index (χ2n) is 4.25. The lowest BCUT2D eigenvalue weighted by Crippen LogP contribution is -2.09. The fourth-order valence-corrected chi connectivity index (χ4v) is 1.75. The van der Waals surface area contributed by atoms with E-state index < -0.39 is 6.10 Å². The molecule has 0 amide bonds. The van der Waals surface area contributed by atoms with Gasteiger partial charge in [0.25, 0.3) is 0 Å². The number of aliphatic hydroxyl groups is 1. The first-order valence-electron chi connectivity index (χ1n) is 6.17. The van der Waals surface area contributed by atoms with Gasteiger partial charge in [0.15, 0.2) is 5.82 Å². The van der Waals surface area contributed by atoms with E-state index in [9.17, 15) is 5.11 Å². The van der Waals surface area contributed by atoms with Crippen molar-refractivity contribution in [1.82, 2.24) is 15.1 Å². The molecule has 0 bridgehead atoms. The molecule has 1 unspecified atom stereocenters. The number of aliphatic hydroxyl groups excluding tert-OH is 1. The van der Waals surface area contributed by atoms with Crippen molar-refractivity contribution in [2.75, 3.05) is 0 Å². The first kappa shape index (κ1) is 12.7. The minimum atomic E-state index is -0.404. The molecule has 0 aliphatic heterocycles. The average molecular weight is 247 g/mol. The maximum absolute atomic E-state index is 9.66. The van der Waals surface area contributed by atoms with Crippen LogP contribution in [0.15, 0.2) is 28.9 Å². The van der Waals surface area contributed by atoms with Crippen molar-refractivity contribution in [2.24, 2.45) is 0 Å². The van der Waals surface area contributed by atoms with Crippen LogP contribution >= 0.6 is 0 Å². The standard InChI is InChI=1S/C13H17N3O2/c1-2-5-11(17)9-13-15-12(16-18-13)8-10-6-3-4-7-14-10/h3-4,6-7,11,17H,2,5,8-9H2,1H3. The minimum absolute atomic E-state index is 0.404. The minimum Gasteiger partial charge on any atom is -0.393 e. The van der Waals surface area contributed by atoms with Crippen LogP contribution in [0.3, 0.4) is 0 Å². The highest BCUT2D eigenvalue weighted by molar-refractivity contribution is 5.09. The third-order valence-electron chi connectivity index (χ3n) is 2.61. The zero-order valence-corrected chi connectivity index (χ0v) is 10.4. The Morgan fingerprint density at radius 2 is 2.28 bits per heavy atom. The van der Waals surface area contributed by atoms with Crippen molar-refractivity contribution in [3.05, 3.63) is 41.8 Å². The van der Waals surface area contributed by atoms with Gasteiger partial charge in [-0.05, 0) is 18.6 Å². The van der Waals surface area contributed by atoms with Crippen LogP contribution in [-0.2, 0) is 12.8 Å². The summed E-state index contributed by atoms with van der Waals surface area (Å²) in [7, 11) is 0. The number of rotatable bonds is 6. The molecule has 0 saturated carbocycles. The van der Waals surface area contributed by atoms with Crippen LogP contribution < -0.4 is 0 Å². The monoisotopic (exact) mass is 247 g/mol. The highest BCUT2D eigenvalue weighted by atomic mass is 16.5. The van der Waals surface area contributed by atoms with E-state index in [0.717, 1.165) is 18.5 Å². The maximum atomic E-state index is 9.66. The molecule has 2 aromatic heterocycles. The smallest absolute Gasteiger partial charge is 0.229 e. The molecule has 5 nitrogen and oxygen atoms in total. The number of aromatic nitrogens is 3. The van der Waals surface area contributed by atoms with Crippen LogP contribution in [0, 0.1) is 0 Å². The van der Waals surface area contributed by atoms with Gasteiger partial charge in [-0.25, -0.2) is 0 Å². The fourth-order valence-electron chi connectivity index (χ4n) is 1.75. The van der Waals surface area contributed by atoms with Gasteiger partial charge in [-0.3, -0.25) is 4.98 Å². The van der Waals surface area contributed by atoms with Crippen LogP contribution in [0.4, 0.5) is 0 Å². The number of nitrogens with zero attached hydrogens (tertiary/aromatic N) is 3. The van der Waals surface area contributed by atoms with E-state index in [0.29, 0.717) is 24.6 Å². The molecule has 0 saturated heterocycles. The second kappa shape index (κ2) is 6.26. The summed E-state index contributed by atoms with van der Waals surface area (Å²) in [5.74, 6) is 1.09. The Kier molecular flexibility index (Phi) is 4.41. The predicted octanol–water partition coefficient (Wildman–Crippen LogP) is 1.76. The Balaban J connectivity index is 1.94. The molecule has 96 valence electrons. The molecule has 18 heavy (non-hydrogen) atoms. The van der Waals surface area contributed by atoms with E-state index in [-0.39, 0.29) is 0 Å². The van der Waals surface area contributed by atoms with E-state index in [1.54, 1.807) is 6.20 Å². The largest absolute Gasteiger partial charge is 0.393 e. The number of pyridine rings is 1. The summed E-state index contributed by atoms with van der Waals surface area (Å²) in [6, 6.07) is 5.71. The van der Waals surface area contributed by atoms with Crippen molar-refractivity contribution >= 4 is 0 Å². The fraction of sp³-hybridized carbons (Fsp3) is 0.462. The van der Waals surface area contributed by atoms with E-state index in [1.165, 1.54) is 0 Å². The molecule has 2 rings (SSSR count). The van der Waals surface area contributed by atoms with Crippen LogP contribution in [0.25, 0.3) is 0 Å². The number of hydrogen-bond donors (Lipinski definition) is 1. The van der Waals surface area contributed by atoms with Crippen molar-refractivity contribution in [1.29, 1.82) is 0 Å². The Bertz CT molecular complexity index is 470. The van der Waals surface area contributed by atoms with E-state index in [2.05, 4.69) is 15.1 Å². The molecule has 5 heteroatoms. The zero-order chi connectivity index (χ0) is 12.8. The van der Waals surface area contributed by atoms with E-state index in [4.69, 9.17) is 4.52 Å². The van der Waals surface area contributed by atoms with Crippen molar-refractivity contribution in [3.63, 3.8) is 0 Å². The average Bonchev–Trinajstić information content (AvgIpc) is 2.78. The summed E-state index contributed by atoms with van der Waals surface area (Å²) in [6.45, 7) is 2.03. The third-order valence-corrected chi connectivity index (χ3v) is 2.61. The normalized spacial score (nSPS) is 12.6. The van der Waals surface area contributed by atoms with Gasteiger partial charge in [-0.2, -0.15) is 4.98 Å². The Labute approximate surface area is 106 Å².